The van der Waals surface area contributed by atoms with Gasteiger partial charge in [0.15, 0.2) is 11.5 Å². The molecule has 1 aliphatic heterocycles. The first-order valence-electron chi connectivity index (χ1n) is 7.46. The van der Waals surface area contributed by atoms with Crippen molar-refractivity contribution in [3.05, 3.63) is 23.3 Å². The highest BCUT2D eigenvalue weighted by atomic mass is 32.2. The van der Waals surface area contributed by atoms with E-state index in [4.69, 9.17) is 14.6 Å². The molecule has 0 aliphatic carbocycles. The van der Waals surface area contributed by atoms with E-state index in [0.717, 1.165) is 30.4 Å². The SMILES string of the molecule is CCCCC1c2cc(OC)c(OC)cc2CCN1S(N)(=O)=O. The van der Waals surface area contributed by atoms with Crippen molar-refractivity contribution in [2.24, 2.45) is 5.14 Å². The standard InChI is InChI=1S/C15H24N2O4S/c1-4-5-6-13-12-10-15(21-3)14(20-2)9-11(12)7-8-17(13)22(16,18)19/h9-10,13H,4-8H2,1-3H3,(H2,16,18,19). The molecule has 0 saturated heterocycles. The van der Waals surface area contributed by atoms with Crippen LogP contribution in [-0.2, 0) is 16.6 Å². The Balaban J connectivity index is 2.49. The number of methoxy groups -OCH3 is 2. The summed E-state index contributed by atoms with van der Waals surface area (Å²) in [5.41, 5.74) is 2.06. The summed E-state index contributed by atoms with van der Waals surface area (Å²) in [6.45, 7) is 2.48. The zero-order valence-corrected chi connectivity index (χ0v) is 14.1. The van der Waals surface area contributed by atoms with Gasteiger partial charge in [0, 0.05) is 6.54 Å². The number of unbranched alkanes of at least 4 members (excludes halogenated alkanes) is 1. The smallest absolute Gasteiger partial charge is 0.277 e. The topological polar surface area (TPSA) is 81.9 Å². The van der Waals surface area contributed by atoms with Crippen LogP contribution < -0.4 is 14.6 Å². The lowest BCUT2D eigenvalue weighted by molar-refractivity contribution is 0.285. The molecule has 1 heterocycles. The van der Waals surface area contributed by atoms with Gasteiger partial charge in [-0.05, 0) is 36.1 Å². The van der Waals surface area contributed by atoms with Crippen LogP contribution in [-0.4, -0.2) is 33.5 Å². The van der Waals surface area contributed by atoms with Gasteiger partial charge in [0.1, 0.15) is 0 Å². The Morgan fingerprint density at radius 2 is 1.91 bits per heavy atom. The first-order chi connectivity index (χ1) is 10.4. The summed E-state index contributed by atoms with van der Waals surface area (Å²) in [4.78, 5) is 0. The van der Waals surface area contributed by atoms with Crippen molar-refractivity contribution in [2.45, 2.75) is 38.6 Å². The van der Waals surface area contributed by atoms with Crippen molar-refractivity contribution in [3.8, 4) is 11.5 Å². The van der Waals surface area contributed by atoms with Crippen LogP contribution in [0.3, 0.4) is 0 Å². The van der Waals surface area contributed by atoms with Crippen LogP contribution in [0, 0.1) is 0 Å². The highest BCUT2D eigenvalue weighted by Crippen LogP contribution is 2.40. The van der Waals surface area contributed by atoms with E-state index in [1.54, 1.807) is 14.2 Å². The molecule has 1 unspecified atom stereocenters. The Bertz CT molecular complexity index is 631. The molecule has 1 aromatic carbocycles. The molecule has 0 fully saturated rings. The Kier molecular flexibility index (Phi) is 5.31. The summed E-state index contributed by atoms with van der Waals surface area (Å²) in [5.74, 6) is 1.28. The van der Waals surface area contributed by atoms with Crippen molar-refractivity contribution in [1.29, 1.82) is 0 Å². The van der Waals surface area contributed by atoms with Gasteiger partial charge in [-0.15, -0.1) is 0 Å². The summed E-state index contributed by atoms with van der Waals surface area (Å²) >= 11 is 0. The van der Waals surface area contributed by atoms with E-state index in [1.165, 1.54) is 4.31 Å². The zero-order chi connectivity index (χ0) is 16.3. The number of fused-ring (bicyclic) bond motifs is 1. The van der Waals surface area contributed by atoms with Crippen molar-refractivity contribution in [2.75, 3.05) is 20.8 Å². The Hall–Kier alpha value is -1.31. The van der Waals surface area contributed by atoms with Crippen molar-refractivity contribution >= 4 is 10.2 Å². The third kappa shape index (κ3) is 3.37. The lowest BCUT2D eigenvalue weighted by Crippen LogP contribution is -2.43. The van der Waals surface area contributed by atoms with Crippen LogP contribution in [0.5, 0.6) is 11.5 Å². The van der Waals surface area contributed by atoms with Gasteiger partial charge in [-0.3, -0.25) is 0 Å². The maximum Gasteiger partial charge on any atom is 0.277 e. The van der Waals surface area contributed by atoms with E-state index < -0.39 is 10.2 Å². The van der Waals surface area contributed by atoms with Gasteiger partial charge in [0.05, 0.1) is 20.3 Å². The number of hydrogen-bond acceptors (Lipinski definition) is 4. The van der Waals surface area contributed by atoms with E-state index in [0.29, 0.717) is 24.5 Å². The number of rotatable bonds is 6. The molecular weight excluding hydrogens is 304 g/mol. The fraction of sp³-hybridized carbons (Fsp3) is 0.600. The molecule has 1 atom stereocenters. The van der Waals surface area contributed by atoms with Crippen LogP contribution >= 0.6 is 0 Å². The quantitative estimate of drug-likeness (QED) is 0.866. The second-order valence-electron chi connectivity index (χ2n) is 5.47. The molecule has 7 heteroatoms. The van der Waals surface area contributed by atoms with E-state index >= 15 is 0 Å². The zero-order valence-electron chi connectivity index (χ0n) is 13.3. The molecule has 0 spiro atoms. The summed E-state index contributed by atoms with van der Waals surface area (Å²) in [5, 5.41) is 5.40. The van der Waals surface area contributed by atoms with Crippen LogP contribution in [0.15, 0.2) is 12.1 Å². The number of nitrogens with zero attached hydrogens (tertiary/aromatic N) is 1. The second-order valence-corrected chi connectivity index (χ2v) is 6.97. The van der Waals surface area contributed by atoms with Crippen LogP contribution in [0.25, 0.3) is 0 Å². The molecule has 2 N–H and O–H groups in total. The van der Waals surface area contributed by atoms with Gasteiger partial charge in [0.2, 0.25) is 0 Å². The third-order valence-corrected chi connectivity index (χ3v) is 5.20. The Morgan fingerprint density at radius 3 is 2.45 bits per heavy atom. The average Bonchev–Trinajstić information content (AvgIpc) is 2.49. The minimum atomic E-state index is -3.72. The molecule has 1 aliphatic rings. The Morgan fingerprint density at radius 1 is 1.27 bits per heavy atom. The van der Waals surface area contributed by atoms with Gasteiger partial charge in [-0.25, -0.2) is 5.14 Å². The largest absolute Gasteiger partial charge is 0.493 e. The maximum absolute atomic E-state index is 11.9. The van der Waals surface area contributed by atoms with E-state index in [1.807, 2.05) is 12.1 Å². The fourth-order valence-electron chi connectivity index (χ4n) is 3.01. The highest BCUT2D eigenvalue weighted by molar-refractivity contribution is 7.86. The molecule has 0 aromatic heterocycles. The van der Waals surface area contributed by atoms with Gasteiger partial charge < -0.3 is 9.47 Å². The molecule has 1 aromatic rings. The lowest BCUT2D eigenvalue weighted by atomic mass is 9.90. The van der Waals surface area contributed by atoms with E-state index in [-0.39, 0.29) is 6.04 Å². The molecule has 6 nitrogen and oxygen atoms in total. The summed E-state index contributed by atoms with van der Waals surface area (Å²) in [6, 6.07) is 3.58. The minimum absolute atomic E-state index is 0.237. The predicted octanol–water partition coefficient (Wildman–Crippen LogP) is 2.00. The summed E-state index contributed by atoms with van der Waals surface area (Å²) in [6.07, 6.45) is 3.30. The first kappa shape index (κ1) is 17.1. The molecule has 0 amide bonds. The van der Waals surface area contributed by atoms with Crippen molar-refractivity contribution in [3.63, 3.8) is 0 Å². The number of ether oxygens (including phenoxy) is 2. The number of nitrogens with two attached hydrogens (primary N) is 1. The molecule has 0 bridgehead atoms. The first-order valence-corrected chi connectivity index (χ1v) is 8.97. The van der Waals surface area contributed by atoms with Crippen LogP contribution in [0.1, 0.15) is 43.4 Å². The van der Waals surface area contributed by atoms with Gasteiger partial charge in [-0.2, -0.15) is 12.7 Å². The lowest BCUT2D eigenvalue weighted by Gasteiger charge is -2.35. The van der Waals surface area contributed by atoms with Gasteiger partial charge in [-0.1, -0.05) is 19.8 Å². The highest BCUT2D eigenvalue weighted by Gasteiger charge is 2.34. The monoisotopic (exact) mass is 328 g/mol. The van der Waals surface area contributed by atoms with Gasteiger partial charge in [0.25, 0.3) is 10.2 Å². The number of hydrogen-bond donors (Lipinski definition) is 1. The molecular formula is C15H24N2O4S. The molecule has 124 valence electrons. The number of benzene rings is 1. The third-order valence-electron chi connectivity index (χ3n) is 4.11. The summed E-state index contributed by atoms with van der Waals surface area (Å²) < 4.78 is 35.9. The fourth-order valence-corrected chi connectivity index (χ4v) is 3.93. The molecule has 22 heavy (non-hydrogen) atoms. The second kappa shape index (κ2) is 6.85. The molecule has 0 radical (unpaired) electrons. The van der Waals surface area contributed by atoms with Gasteiger partial charge >= 0.3 is 0 Å². The maximum atomic E-state index is 11.9. The van der Waals surface area contributed by atoms with Crippen molar-refractivity contribution < 1.29 is 17.9 Å². The molecule has 0 saturated carbocycles. The Labute approximate surface area is 132 Å². The predicted molar refractivity (Wildman–Crippen MR) is 85.3 cm³/mol. The van der Waals surface area contributed by atoms with Crippen molar-refractivity contribution in [1.82, 2.24) is 4.31 Å². The summed E-state index contributed by atoms with van der Waals surface area (Å²) in [7, 11) is -0.552. The molecule has 2 rings (SSSR count). The van der Waals surface area contributed by atoms with E-state index in [2.05, 4.69) is 6.92 Å². The minimum Gasteiger partial charge on any atom is -0.493 e. The van der Waals surface area contributed by atoms with Crippen LogP contribution in [0.4, 0.5) is 0 Å². The average molecular weight is 328 g/mol. The van der Waals surface area contributed by atoms with E-state index in [9.17, 15) is 8.42 Å². The normalized spacial score (nSPS) is 18.8. The van der Waals surface area contributed by atoms with Crippen LogP contribution in [0.2, 0.25) is 0 Å².